The first kappa shape index (κ1) is 17.1. The van der Waals surface area contributed by atoms with Gasteiger partial charge in [0.2, 0.25) is 5.91 Å². The molecule has 0 atom stereocenters. The fourth-order valence-electron chi connectivity index (χ4n) is 3.29. The minimum Gasteiger partial charge on any atom is -0.508 e. The number of aromatic nitrogens is 1. The topological polar surface area (TPSA) is 65.1 Å². The van der Waals surface area contributed by atoms with Crippen molar-refractivity contribution in [3.8, 4) is 5.75 Å². The van der Waals surface area contributed by atoms with Crippen LogP contribution in [0.5, 0.6) is 5.75 Å². The number of benzene rings is 2. The summed E-state index contributed by atoms with van der Waals surface area (Å²) in [5.41, 5.74) is 6.53. The second kappa shape index (κ2) is 7.01. The van der Waals surface area contributed by atoms with Crippen molar-refractivity contribution in [3.63, 3.8) is 0 Å². The second-order valence-corrected chi connectivity index (χ2v) is 6.51. The molecule has 3 N–H and O–H groups in total. The van der Waals surface area contributed by atoms with Crippen LogP contribution in [0.4, 0.5) is 0 Å². The van der Waals surface area contributed by atoms with Crippen LogP contribution in [-0.2, 0) is 24.2 Å². The van der Waals surface area contributed by atoms with Crippen molar-refractivity contribution in [1.29, 1.82) is 0 Å². The van der Waals surface area contributed by atoms with Gasteiger partial charge < -0.3 is 15.4 Å². The Morgan fingerprint density at radius 1 is 1.16 bits per heavy atom. The highest BCUT2D eigenvalue weighted by Crippen LogP contribution is 2.26. The number of hydrogen-bond acceptors (Lipinski definition) is 2. The number of aromatic amines is 1. The van der Waals surface area contributed by atoms with Crippen LogP contribution >= 0.6 is 0 Å². The van der Waals surface area contributed by atoms with Crippen molar-refractivity contribution in [2.45, 2.75) is 40.2 Å². The van der Waals surface area contributed by atoms with E-state index >= 15 is 0 Å². The number of carbonyl (C=O) groups is 1. The van der Waals surface area contributed by atoms with E-state index < -0.39 is 0 Å². The number of nitrogens with one attached hydrogen (secondary N) is 2. The molecule has 2 aromatic carbocycles. The molecular weight excluding hydrogens is 312 g/mol. The van der Waals surface area contributed by atoms with Gasteiger partial charge in [-0.05, 0) is 43.5 Å². The first-order valence-electron chi connectivity index (χ1n) is 8.63. The van der Waals surface area contributed by atoms with Crippen LogP contribution in [0, 0.1) is 13.8 Å². The number of para-hydroxylation sites is 1. The van der Waals surface area contributed by atoms with E-state index in [0.717, 1.165) is 17.5 Å². The van der Waals surface area contributed by atoms with Crippen molar-refractivity contribution < 1.29 is 9.90 Å². The third kappa shape index (κ3) is 3.53. The third-order valence-electron chi connectivity index (χ3n) is 4.67. The van der Waals surface area contributed by atoms with Gasteiger partial charge in [0.05, 0.1) is 11.9 Å². The monoisotopic (exact) mass is 336 g/mol. The van der Waals surface area contributed by atoms with Gasteiger partial charge in [0, 0.05) is 23.2 Å². The molecule has 0 spiro atoms. The average molecular weight is 336 g/mol. The van der Waals surface area contributed by atoms with E-state index in [2.05, 4.69) is 43.2 Å². The smallest absolute Gasteiger partial charge is 0.224 e. The SMILES string of the molecule is CCc1[nH]c2c(CNC(=O)Cc3ccccc3O)cc(C)cc2c1C. The molecule has 0 aliphatic heterocycles. The number of aryl methyl sites for hydroxylation is 3. The van der Waals surface area contributed by atoms with Gasteiger partial charge in [-0.25, -0.2) is 0 Å². The Bertz CT molecular complexity index is 925. The number of phenols is 1. The van der Waals surface area contributed by atoms with E-state index in [1.54, 1.807) is 18.2 Å². The molecule has 0 aliphatic carbocycles. The van der Waals surface area contributed by atoms with Gasteiger partial charge >= 0.3 is 0 Å². The molecule has 130 valence electrons. The summed E-state index contributed by atoms with van der Waals surface area (Å²) in [6, 6.07) is 11.2. The molecule has 4 nitrogen and oxygen atoms in total. The Balaban J connectivity index is 1.79. The van der Waals surface area contributed by atoms with Crippen molar-refractivity contribution in [1.82, 2.24) is 10.3 Å². The molecule has 0 bridgehead atoms. The molecule has 0 saturated heterocycles. The van der Waals surface area contributed by atoms with Gasteiger partial charge in [0.25, 0.3) is 0 Å². The Labute approximate surface area is 147 Å². The number of carbonyl (C=O) groups excluding carboxylic acids is 1. The Morgan fingerprint density at radius 3 is 2.64 bits per heavy atom. The zero-order valence-corrected chi connectivity index (χ0v) is 14.9. The summed E-state index contributed by atoms with van der Waals surface area (Å²) in [4.78, 5) is 15.8. The average Bonchev–Trinajstić information content (AvgIpc) is 2.91. The predicted octanol–water partition coefficient (Wildman–Crippen LogP) is 3.91. The molecule has 1 amide bonds. The zero-order chi connectivity index (χ0) is 18.0. The van der Waals surface area contributed by atoms with E-state index in [1.165, 1.54) is 22.2 Å². The van der Waals surface area contributed by atoms with Crippen LogP contribution in [-0.4, -0.2) is 16.0 Å². The third-order valence-corrected chi connectivity index (χ3v) is 4.67. The van der Waals surface area contributed by atoms with Crippen LogP contribution in [0.2, 0.25) is 0 Å². The van der Waals surface area contributed by atoms with E-state index in [9.17, 15) is 9.90 Å². The summed E-state index contributed by atoms with van der Waals surface area (Å²) >= 11 is 0. The summed E-state index contributed by atoms with van der Waals surface area (Å²) in [5, 5.41) is 14.0. The molecule has 0 fully saturated rings. The Hall–Kier alpha value is -2.75. The number of fused-ring (bicyclic) bond motifs is 1. The van der Waals surface area contributed by atoms with E-state index in [4.69, 9.17) is 0 Å². The number of aromatic hydroxyl groups is 1. The summed E-state index contributed by atoms with van der Waals surface area (Å²) in [6.07, 6.45) is 1.13. The van der Waals surface area contributed by atoms with Crippen LogP contribution in [0.25, 0.3) is 10.9 Å². The summed E-state index contributed by atoms with van der Waals surface area (Å²) < 4.78 is 0. The van der Waals surface area contributed by atoms with Gasteiger partial charge in [-0.1, -0.05) is 36.8 Å². The van der Waals surface area contributed by atoms with Gasteiger partial charge in [0.1, 0.15) is 5.75 Å². The lowest BCUT2D eigenvalue weighted by Crippen LogP contribution is -2.24. The summed E-state index contributed by atoms with van der Waals surface area (Å²) in [5.74, 6) is 0.0540. The molecule has 0 radical (unpaired) electrons. The minimum absolute atomic E-state index is 0.102. The number of phenolic OH excluding ortho intramolecular Hbond substituents is 1. The summed E-state index contributed by atoms with van der Waals surface area (Å²) in [7, 11) is 0. The van der Waals surface area contributed by atoms with Gasteiger partial charge in [-0.2, -0.15) is 0 Å². The van der Waals surface area contributed by atoms with Crippen molar-refractivity contribution in [3.05, 3.63) is 64.3 Å². The maximum atomic E-state index is 12.3. The lowest BCUT2D eigenvalue weighted by atomic mass is 10.0. The molecule has 1 aromatic heterocycles. The van der Waals surface area contributed by atoms with Crippen LogP contribution in [0.3, 0.4) is 0 Å². The highest BCUT2D eigenvalue weighted by Gasteiger charge is 2.12. The number of rotatable bonds is 5. The molecule has 0 unspecified atom stereocenters. The first-order chi connectivity index (χ1) is 12.0. The number of amides is 1. The zero-order valence-electron chi connectivity index (χ0n) is 14.9. The highest BCUT2D eigenvalue weighted by molar-refractivity contribution is 5.88. The molecule has 25 heavy (non-hydrogen) atoms. The maximum absolute atomic E-state index is 12.3. The molecule has 0 saturated carbocycles. The molecular formula is C21H24N2O2. The normalized spacial score (nSPS) is 11.0. The van der Waals surface area contributed by atoms with Gasteiger partial charge in [0.15, 0.2) is 0 Å². The summed E-state index contributed by atoms with van der Waals surface area (Å²) in [6.45, 7) is 6.81. The van der Waals surface area contributed by atoms with E-state index in [-0.39, 0.29) is 18.1 Å². The van der Waals surface area contributed by atoms with Crippen LogP contribution < -0.4 is 5.32 Å². The quantitative estimate of drug-likeness (QED) is 0.661. The molecule has 1 heterocycles. The molecule has 3 rings (SSSR count). The van der Waals surface area contributed by atoms with E-state index in [0.29, 0.717) is 12.1 Å². The fourth-order valence-corrected chi connectivity index (χ4v) is 3.29. The Morgan fingerprint density at radius 2 is 1.92 bits per heavy atom. The first-order valence-corrected chi connectivity index (χ1v) is 8.63. The van der Waals surface area contributed by atoms with Crippen LogP contribution in [0.1, 0.15) is 34.9 Å². The minimum atomic E-state index is -0.102. The van der Waals surface area contributed by atoms with Gasteiger partial charge in [-0.3, -0.25) is 4.79 Å². The fraction of sp³-hybridized carbons (Fsp3) is 0.286. The lowest BCUT2D eigenvalue weighted by Gasteiger charge is -2.09. The maximum Gasteiger partial charge on any atom is 0.224 e. The molecule has 3 aromatic rings. The second-order valence-electron chi connectivity index (χ2n) is 6.51. The van der Waals surface area contributed by atoms with Crippen molar-refractivity contribution >= 4 is 16.8 Å². The standard InChI is InChI=1S/C21H24N2O2/c1-4-18-14(3)17-10-13(2)9-16(21(17)23-18)12-22-20(25)11-15-7-5-6-8-19(15)24/h5-10,23-24H,4,11-12H2,1-3H3,(H,22,25). The largest absolute Gasteiger partial charge is 0.508 e. The number of H-pyrrole nitrogens is 1. The number of hydrogen-bond donors (Lipinski definition) is 3. The molecule has 0 aliphatic rings. The predicted molar refractivity (Wildman–Crippen MR) is 101 cm³/mol. The van der Waals surface area contributed by atoms with Crippen molar-refractivity contribution in [2.75, 3.05) is 0 Å². The molecule has 4 heteroatoms. The highest BCUT2D eigenvalue weighted by atomic mass is 16.3. The van der Waals surface area contributed by atoms with E-state index in [1.807, 2.05) is 6.07 Å². The lowest BCUT2D eigenvalue weighted by molar-refractivity contribution is -0.120. The van der Waals surface area contributed by atoms with Crippen LogP contribution in [0.15, 0.2) is 36.4 Å². The van der Waals surface area contributed by atoms with Gasteiger partial charge in [-0.15, -0.1) is 0 Å². The van der Waals surface area contributed by atoms with Crippen molar-refractivity contribution in [2.24, 2.45) is 0 Å². The Kier molecular flexibility index (Phi) is 4.79.